The van der Waals surface area contributed by atoms with E-state index in [0.717, 1.165) is 36.6 Å². The average Bonchev–Trinajstić information content (AvgIpc) is 2.72. The number of aryl methyl sites for hydroxylation is 1. The topological polar surface area (TPSA) is 0 Å². The van der Waals surface area contributed by atoms with Gasteiger partial charge in [0.15, 0.2) is 11.6 Å². The van der Waals surface area contributed by atoms with E-state index in [0.29, 0.717) is 29.2 Å². The molecule has 0 nitrogen and oxygen atoms in total. The number of benzene rings is 2. The molecule has 2 heteroatoms. The predicted octanol–water partition coefficient (Wildman–Crippen LogP) is 8.26. The second kappa shape index (κ2) is 10.0. The number of hydrogen-bond acceptors (Lipinski definition) is 0. The van der Waals surface area contributed by atoms with Crippen LogP contribution in [0.5, 0.6) is 0 Å². The fraction of sp³-hybridized carbons (Fsp3) is 0.462. The summed E-state index contributed by atoms with van der Waals surface area (Å²) in [4.78, 5) is 0. The number of rotatable bonds is 7. The molecule has 0 N–H and O–H groups in total. The summed E-state index contributed by atoms with van der Waals surface area (Å²) in [5, 5.41) is 1.23. The zero-order chi connectivity index (χ0) is 19.9. The molecule has 0 heterocycles. The van der Waals surface area contributed by atoms with Crippen molar-refractivity contribution in [3.05, 3.63) is 71.3 Å². The largest absolute Gasteiger partial charge is 0.203 e. The van der Waals surface area contributed by atoms with Crippen molar-refractivity contribution in [2.75, 3.05) is 0 Å². The van der Waals surface area contributed by atoms with Crippen LogP contribution in [0.2, 0.25) is 0 Å². The Balaban J connectivity index is 1.75. The van der Waals surface area contributed by atoms with Crippen LogP contribution in [0.4, 0.5) is 8.78 Å². The summed E-state index contributed by atoms with van der Waals surface area (Å²) in [6.45, 7) is 4.14. The number of hydrogen-bond donors (Lipinski definition) is 0. The number of fused-ring (bicyclic) bond motifs is 1. The molecule has 0 aromatic heterocycles. The summed E-state index contributed by atoms with van der Waals surface area (Å²) >= 11 is 0. The Morgan fingerprint density at radius 2 is 1.75 bits per heavy atom. The van der Waals surface area contributed by atoms with Gasteiger partial charge < -0.3 is 0 Å². The van der Waals surface area contributed by atoms with Crippen LogP contribution in [0.3, 0.4) is 0 Å². The third kappa shape index (κ3) is 4.90. The minimum atomic E-state index is -0.689. The van der Waals surface area contributed by atoms with Gasteiger partial charge in [-0.3, -0.25) is 0 Å². The molecule has 0 amide bonds. The van der Waals surface area contributed by atoms with E-state index in [1.165, 1.54) is 19.3 Å². The summed E-state index contributed by atoms with van der Waals surface area (Å²) in [5.74, 6) is -0.237. The lowest BCUT2D eigenvalue weighted by Crippen LogP contribution is -2.11. The molecule has 150 valence electrons. The number of halogens is 2. The van der Waals surface area contributed by atoms with Gasteiger partial charge in [-0.1, -0.05) is 49.8 Å². The van der Waals surface area contributed by atoms with Gasteiger partial charge in [0.2, 0.25) is 0 Å². The van der Waals surface area contributed by atoms with Gasteiger partial charge in [0.05, 0.1) is 0 Å². The van der Waals surface area contributed by atoms with Crippen molar-refractivity contribution in [3.8, 4) is 0 Å². The van der Waals surface area contributed by atoms with Crippen molar-refractivity contribution in [1.29, 1.82) is 0 Å². The van der Waals surface area contributed by atoms with Gasteiger partial charge in [-0.2, -0.15) is 0 Å². The lowest BCUT2D eigenvalue weighted by Gasteiger charge is -2.27. The highest BCUT2D eigenvalue weighted by Crippen LogP contribution is 2.38. The van der Waals surface area contributed by atoms with Crippen LogP contribution in [0.1, 0.15) is 75.8 Å². The third-order valence-electron chi connectivity index (χ3n) is 6.04. The summed E-state index contributed by atoms with van der Waals surface area (Å²) in [5.41, 5.74) is 1.62. The van der Waals surface area contributed by atoms with E-state index < -0.39 is 11.6 Å². The summed E-state index contributed by atoms with van der Waals surface area (Å²) < 4.78 is 29.3. The molecule has 0 atom stereocenters. The quantitative estimate of drug-likeness (QED) is 0.423. The maximum absolute atomic E-state index is 14.7. The van der Waals surface area contributed by atoms with Crippen molar-refractivity contribution in [2.24, 2.45) is 5.92 Å². The van der Waals surface area contributed by atoms with Gasteiger partial charge in [0.1, 0.15) is 0 Å². The lowest BCUT2D eigenvalue weighted by atomic mass is 9.78. The molecule has 3 rings (SSSR count). The van der Waals surface area contributed by atoms with Crippen LogP contribution in [-0.2, 0) is 6.42 Å². The highest BCUT2D eigenvalue weighted by atomic mass is 19.2. The Hall–Kier alpha value is -1.96. The van der Waals surface area contributed by atoms with Crippen LogP contribution >= 0.6 is 0 Å². The average molecular weight is 383 g/mol. The molecule has 0 spiro atoms. The highest BCUT2D eigenvalue weighted by molar-refractivity contribution is 5.85. The fourth-order valence-corrected chi connectivity index (χ4v) is 4.34. The second-order valence-electron chi connectivity index (χ2n) is 8.08. The Morgan fingerprint density at radius 3 is 2.46 bits per heavy atom. The van der Waals surface area contributed by atoms with E-state index in [1.54, 1.807) is 0 Å². The van der Waals surface area contributed by atoms with Gasteiger partial charge in [-0.25, -0.2) is 8.78 Å². The molecule has 2 aromatic rings. The van der Waals surface area contributed by atoms with E-state index in [4.69, 9.17) is 0 Å². The lowest BCUT2D eigenvalue weighted by molar-refractivity contribution is 0.375. The van der Waals surface area contributed by atoms with Crippen molar-refractivity contribution < 1.29 is 8.78 Å². The summed E-state index contributed by atoms with van der Waals surface area (Å²) in [6, 6.07) is 7.80. The fourth-order valence-electron chi connectivity index (χ4n) is 4.34. The van der Waals surface area contributed by atoms with Gasteiger partial charge in [0, 0.05) is 5.39 Å². The molecule has 1 aliphatic carbocycles. The minimum Gasteiger partial charge on any atom is -0.203 e. The molecular formula is C26H32F2. The maximum Gasteiger partial charge on any atom is 0.166 e. The summed E-state index contributed by atoms with van der Waals surface area (Å²) in [6.07, 6.45) is 16.8. The molecule has 1 fully saturated rings. The van der Waals surface area contributed by atoms with E-state index in [9.17, 15) is 8.78 Å². The van der Waals surface area contributed by atoms with Gasteiger partial charge in [0.25, 0.3) is 0 Å². The van der Waals surface area contributed by atoms with Gasteiger partial charge in [-0.05, 0) is 92.4 Å². The zero-order valence-electron chi connectivity index (χ0n) is 17.2. The molecule has 0 saturated heterocycles. The highest BCUT2D eigenvalue weighted by Gasteiger charge is 2.22. The van der Waals surface area contributed by atoms with E-state index in [2.05, 4.69) is 25.1 Å². The first-order valence-electron chi connectivity index (χ1n) is 10.8. The Kier molecular flexibility index (Phi) is 7.42. The zero-order valence-corrected chi connectivity index (χ0v) is 17.2. The normalized spacial score (nSPS) is 20.6. The molecule has 0 unspecified atom stereocenters. The smallest absolute Gasteiger partial charge is 0.166 e. The van der Waals surface area contributed by atoms with Crippen LogP contribution in [0.15, 0.2) is 48.6 Å². The molecule has 1 saturated carbocycles. The molecular weight excluding hydrogens is 350 g/mol. The Morgan fingerprint density at radius 1 is 0.964 bits per heavy atom. The molecule has 28 heavy (non-hydrogen) atoms. The van der Waals surface area contributed by atoms with Crippen molar-refractivity contribution in [3.63, 3.8) is 0 Å². The van der Waals surface area contributed by atoms with Gasteiger partial charge in [-0.15, -0.1) is 0 Å². The van der Waals surface area contributed by atoms with E-state index >= 15 is 0 Å². The molecule has 2 aromatic carbocycles. The summed E-state index contributed by atoms with van der Waals surface area (Å²) in [7, 11) is 0. The standard InChI is InChI=1S/C26H32F2/c1-3-5-7-9-19-11-13-20(14-12-19)21-15-16-22-17-23(10-8-6-4-2)25(27)26(28)24(22)18-21/h4,6-7,9,15-20H,3,5,8,10-14H2,1-2H3/b6-4+,9-7+. The van der Waals surface area contributed by atoms with E-state index in [1.807, 2.05) is 37.3 Å². The monoisotopic (exact) mass is 382 g/mol. The van der Waals surface area contributed by atoms with E-state index in [-0.39, 0.29) is 0 Å². The third-order valence-corrected chi connectivity index (χ3v) is 6.04. The van der Waals surface area contributed by atoms with Crippen LogP contribution in [-0.4, -0.2) is 0 Å². The maximum atomic E-state index is 14.7. The van der Waals surface area contributed by atoms with Crippen molar-refractivity contribution >= 4 is 10.8 Å². The second-order valence-corrected chi connectivity index (χ2v) is 8.08. The SMILES string of the molecule is C/C=C/CCc1cc2ccc(C3CCC(/C=C/CCC)CC3)cc2c(F)c1F. The predicted molar refractivity (Wildman–Crippen MR) is 116 cm³/mol. The van der Waals surface area contributed by atoms with Crippen LogP contribution in [0.25, 0.3) is 10.8 Å². The van der Waals surface area contributed by atoms with Crippen molar-refractivity contribution in [1.82, 2.24) is 0 Å². The first kappa shape index (κ1) is 20.8. The minimum absolute atomic E-state index is 0.426. The number of allylic oxidation sites excluding steroid dienone is 4. The van der Waals surface area contributed by atoms with Crippen LogP contribution < -0.4 is 0 Å². The Labute approximate surface area is 168 Å². The molecule has 0 radical (unpaired) electrons. The van der Waals surface area contributed by atoms with Gasteiger partial charge >= 0.3 is 0 Å². The van der Waals surface area contributed by atoms with Crippen LogP contribution in [0, 0.1) is 17.6 Å². The molecule has 0 aliphatic heterocycles. The van der Waals surface area contributed by atoms with Crippen molar-refractivity contribution in [2.45, 2.75) is 71.1 Å². The molecule has 0 bridgehead atoms. The first-order valence-corrected chi connectivity index (χ1v) is 10.8. The first-order chi connectivity index (χ1) is 13.6. The Bertz CT molecular complexity index is 839. The number of unbranched alkanes of at least 4 members (excludes halogenated alkanes) is 1. The molecule has 1 aliphatic rings.